The average Bonchev–Trinajstić information content (AvgIpc) is 2.53. The van der Waals surface area contributed by atoms with Gasteiger partial charge in [-0.2, -0.15) is 0 Å². The number of nitrogens with two attached hydrogens (primary N) is 1. The summed E-state index contributed by atoms with van der Waals surface area (Å²) in [6.45, 7) is 7.06. The smallest absolute Gasteiger partial charge is 0.410 e. The molecule has 1 aromatic rings. The van der Waals surface area contributed by atoms with Crippen LogP contribution in [-0.4, -0.2) is 61.5 Å². The third kappa shape index (κ3) is 4.73. The molecule has 0 aliphatic carbocycles. The molecule has 0 bridgehead atoms. The zero-order valence-corrected chi connectivity index (χ0v) is 15.5. The van der Waals surface area contributed by atoms with Crippen LogP contribution >= 0.6 is 0 Å². The van der Waals surface area contributed by atoms with Crippen LogP contribution < -0.4 is 15.8 Å². The highest BCUT2D eigenvalue weighted by Crippen LogP contribution is 2.32. The second-order valence-corrected chi connectivity index (χ2v) is 6.98. The number of piperazine rings is 1. The Morgan fingerprint density at radius 3 is 2.76 bits per heavy atom. The molecule has 2 heterocycles. The lowest BCUT2D eigenvalue weighted by Gasteiger charge is -2.42. The fourth-order valence-electron chi connectivity index (χ4n) is 2.92. The third-order valence-electron chi connectivity index (χ3n) is 3.94. The molecule has 0 spiro atoms. The molecule has 1 fully saturated rings. The maximum Gasteiger partial charge on any atom is 0.410 e. The molecular weight excluding hydrogens is 324 g/mol. The van der Waals surface area contributed by atoms with Crippen LogP contribution in [0.5, 0.6) is 5.75 Å². The number of pyridine rings is 1. The van der Waals surface area contributed by atoms with E-state index in [-0.39, 0.29) is 18.2 Å². The van der Waals surface area contributed by atoms with Gasteiger partial charge in [-0.3, -0.25) is 4.90 Å². The normalized spacial score (nSPS) is 21.1. The summed E-state index contributed by atoms with van der Waals surface area (Å²) >= 11 is 0. The average molecular weight is 352 g/mol. The molecule has 1 aromatic heterocycles. The predicted molar refractivity (Wildman–Crippen MR) is 94.5 cm³/mol. The lowest BCUT2D eigenvalue weighted by molar-refractivity contribution is -0.00899. The van der Waals surface area contributed by atoms with E-state index in [4.69, 9.17) is 19.9 Å². The van der Waals surface area contributed by atoms with Gasteiger partial charge in [0.15, 0.2) is 0 Å². The van der Waals surface area contributed by atoms with Crippen LogP contribution in [-0.2, 0) is 9.47 Å². The highest BCUT2D eigenvalue weighted by Gasteiger charge is 2.38. The summed E-state index contributed by atoms with van der Waals surface area (Å²) in [6, 6.07) is 1.21. The molecule has 3 N–H and O–H groups in total. The van der Waals surface area contributed by atoms with Crippen molar-refractivity contribution in [1.82, 2.24) is 15.2 Å². The molecule has 0 radical (unpaired) electrons. The van der Waals surface area contributed by atoms with Crippen LogP contribution in [0.25, 0.3) is 0 Å². The minimum absolute atomic E-state index is 0.204. The Labute approximate surface area is 148 Å². The second-order valence-electron chi connectivity index (χ2n) is 6.98. The molecule has 8 nitrogen and oxygen atoms in total. The fourth-order valence-corrected chi connectivity index (χ4v) is 2.92. The van der Waals surface area contributed by atoms with Crippen molar-refractivity contribution in [2.24, 2.45) is 0 Å². The number of nitrogens with zero attached hydrogens (tertiary/aromatic N) is 2. The van der Waals surface area contributed by atoms with Crippen molar-refractivity contribution in [2.45, 2.75) is 38.5 Å². The van der Waals surface area contributed by atoms with Crippen LogP contribution in [0.3, 0.4) is 0 Å². The van der Waals surface area contributed by atoms with Gasteiger partial charge in [-0.25, -0.2) is 9.78 Å². The monoisotopic (exact) mass is 352 g/mol. The first-order valence-electron chi connectivity index (χ1n) is 8.28. The van der Waals surface area contributed by atoms with Gasteiger partial charge in [-0.1, -0.05) is 0 Å². The minimum Gasteiger partial charge on any atom is -0.496 e. The van der Waals surface area contributed by atoms with Crippen LogP contribution in [0.2, 0.25) is 0 Å². The predicted octanol–water partition coefficient (Wildman–Crippen LogP) is 1.57. The zero-order valence-electron chi connectivity index (χ0n) is 15.5. The number of methoxy groups -OCH3 is 2. The van der Waals surface area contributed by atoms with Gasteiger partial charge in [-0.15, -0.1) is 0 Å². The van der Waals surface area contributed by atoms with Crippen LogP contribution in [0, 0.1) is 0 Å². The number of aromatic nitrogens is 1. The molecule has 0 saturated carbocycles. The molecule has 1 saturated heterocycles. The summed E-state index contributed by atoms with van der Waals surface area (Å²) in [5.41, 5.74) is 6.02. The fraction of sp³-hybridized carbons (Fsp3) is 0.647. The van der Waals surface area contributed by atoms with Crippen molar-refractivity contribution < 1.29 is 19.0 Å². The van der Waals surface area contributed by atoms with Gasteiger partial charge in [0.2, 0.25) is 0 Å². The van der Waals surface area contributed by atoms with Crippen LogP contribution in [0.1, 0.15) is 32.4 Å². The maximum absolute atomic E-state index is 12.6. The number of hydrogen-bond acceptors (Lipinski definition) is 7. The van der Waals surface area contributed by atoms with E-state index in [1.165, 1.54) is 0 Å². The molecule has 1 aliphatic heterocycles. The maximum atomic E-state index is 12.6. The largest absolute Gasteiger partial charge is 0.496 e. The molecule has 1 amide bonds. The number of anilines is 1. The standard InChI is InChI=1S/C17H28N4O4/c1-17(2,3)25-16(22)21-7-6-19-15(12(21)10-23-4)11-9-20-14(18)8-13(11)24-5/h8-9,12,15,19H,6-7,10H2,1-5H3,(H2,18,20). The Kier molecular flexibility index (Phi) is 6.07. The number of nitrogens with one attached hydrogen (secondary N) is 1. The van der Waals surface area contributed by atoms with Crippen molar-refractivity contribution in [3.63, 3.8) is 0 Å². The van der Waals surface area contributed by atoms with E-state index < -0.39 is 5.60 Å². The first kappa shape index (κ1) is 19.3. The third-order valence-corrected chi connectivity index (χ3v) is 3.94. The summed E-state index contributed by atoms with van der Waals surface area (Å²) in [6.07, 6.45) is 1.32. The van der Waals surface area contributed by atoms with Gasteiger partial charge in [0, 0.05) is 38.0 Å². The SMILES string of the molecule is COCC1C(c2cnc(N)cc2OC)NCCN1C(=O)OC(C)(C)C. The number of rotatable bonds is 4. The molecule has 140 valence electrons. The van der Waals surface area contributed by atoms with Gasteiger partial charge in [0.05, 0.1) is 25.8 Å². The van der Waals surface area contributed by atoms with Crippen LogP contribution in [0.4, 0.5) is 10.6 Å². The Bertz CT molecular complexity index is 603. The first-order valence-corrected chi connectivity index (χ1v) is 8.28. The van der Waals surface area contributed by atoms with Crippen molar-refractivity contribution in [3.8, 4) is 5.75 Å². The summed E-state index contributed by atoms with van der Waals surface area (Å²) in [5.74, 6) is 1.00. The number of hydrogen-bond donors (Lipinski definition) is 2. The Morgan fingerprint density at radius 2 is 2.16 bits per heavy atom. The van der Waals surface area contributed by atoms with Crippen LogP contribution in [0.15, 0.2) is 12.3 Å². The molecule has 2 atom stereocenters. The topological polar surface area (TPSA) is 98.9 Å². The number of ether oxygens (including phenoxy) is 3. The molecule has 8 heteroatoms. The first-order chi connectivity index (χ1) is 11.8. The van der Waals surface area contributed by atoms with E-state index in [0.29, 0.717) is 31.3 Å². The van der Waals surface area contributed by atoms with E-state index in [0.717, 1.165) is 5.56 Å². The lowest BCUT2D eigenvalue weighted by atomic mass is 9.97. The van der Waals surface area contributed by atoms with Crippen molar-refractivity contribution in [2.75, 3.05) is 39.6 Å². The zero-order chi connectivity index (χ0) is 18.6. The van der Waals surface area contributed by atoms with Crippen molar-refractivity contribution >= 4 is 11.9 Å². The Hall–Kier alpha value is -2.06. The number of carbonyl (C=O) groups excluding carboxylic acids is 1. The molecule has 0 aromatic carbocycles. The van der Waals surface area contributed by atoms with E-state index in [1.54, 1.807) is 31.4 Å². The highest BCUT2D eigenvalue weighted by molar-refractivity contribution is 5.69. The molecule has 2 unspecified atom stereocenters. The van der Waals surface area contributed by atoms with E-state index in [1.807, 2.05) is 20.8 Å². The minimum atomic E-state index is -0.560. The Balaban J connectivity index is 2.33. The van der Waals surface area contributed by atoms with Gasteiger partial charge < -0.3 is 25.3 Å². The van der Waals surface area contributed by atoms with Crippen molar-refractivity contribution in [3.05, 3.63) is 17.8 Å². The van der Waals surface area contributed by atoms with Gasteiger partial charge in [0.1, 0.15) is 17.2 Å². The van der Waals surface area contributed by atoms with E-state index >= 15 is 0 Å². The van der Waals surface area contributed by atoms with E-state index in [2.05, 4.69) is 10.3 Å². The number of amides is 1. The summed E-state index contributed by atoms with van der Waals surface area (Å²) < 4.78 is 16.4. The molecule has 2 rings (SSSR count). The number of nitrogen functional groups attached to an aromatic ring is 1. The van der Waals surface area contributed by atoms with Gasteiger partial charge in [0.25, 0.3) is 0 Å². The number of carbonyl (C=O) groups is 1. The summed E-state index contributed by atoms with van der Waals surface area (Å²) in [5, 5.41) is 3.42. The Morgan fingerprint density at radius 1 is 1.44 bits per heavy atom. The van der Waals surface area contributed by atoms with Gasteiger partial charge in [-0.05, 0) is 20.8 Å². The summed E-state index contributed by atoms with van der Waals surface area (Å²) in [4.78, 5) is 18.5. The second kappa shape index (κ2) is 7.88. The lowest BCUT2D eigenvalue weighted by Crippen LogP contribution is -2.57. The molecule has 25 heavy (non-hydrogen) atoms. The quantitative estimate of drug-likeness (QED) is 0.848. The molecular formula is C17H28N4O4. The molecule has 1 aliphatic rings. The summed E-state index contributed by atoms with van der Waals surface area (Å²) in [7, 11) is 3.19. The van der Waals surface area contributed by atoms with E-state index in [9.17, 15) is 4.79 Å². The van der Waals surface area contributed by atoms with Crippen molar-refractivity contribution in [1.29, 1.82) is 0 Å². The highest BCUT2D eigenvalue weighted by atomic mass is 16.6. The van der Waals surface area contributed by atoms with Gasteiger partial charge >= 0.3 is 6.09 Å².